The molecule has 144 valence electrons. The Labute approximate surface area is 172 Å². The van der Waals surface area contributed by atoms with Crippen molar-refractivity contribution in [2.75, 3.05) is 32.4 Å². The van der Waals surface area contributed by atoms with Crippen molar-refractivity contribution < 1.29 is 9.21 Å². The fraction of sp³-hybridized carbons (Fsp3) is 0.647. The standard InChI is InChI=1S/C17H30N4O2S.HI/c1-6-18-16(21-12-17(3,4)24-5)20-10-7-9-19-15(22)14-13(2)8-11-23-14;/h8,11H,6-7,9-10,12H2,1-5H3,(H,19,22)(H2,18,20,21);1H. The molecule has 6 nitrogen and oxygen atoms in total. The third-order valence-electron chi connectivity index (χ3n) is 3.51. The summed E-state index contributed by atoms with van der Waals surface area (Å²) in [6, 6.07) is 1.78. The Morgan fingerprint density at radius 2 is 1.96 bits per heavy atom. The van der Waals surface area contributed by atoms with Gasteiger partial charge in [0, 0.05) is 29.9 Å². The lowest BCUT2D eigenvalue weighted by atomic mass is 10.2. The third kappa shape index (κ3) is 9.39. The van der Waals surface area contributed by atoms with E-state index in [0.717, 1.165) is 37.6 Å². The highest BCUT2D eigenvalue weighted by molar-refractivity contribution is 14.0. The molecule has 1 amide bonds. The van der Waals surface area contributed by atoms with E-state index in [1.165, 1.54) is 6.26 Å². The molecule has 1 aromatic rings. The topological polar surface area (TPSA) is 78.7 Å². The first-order valence-corrected chi connectivity index (χ1v) is 9.51. The van der Waals surface area contributed by atoms with Crippen molar-refractivity contribution in [2.45, 2.75) is 38.9 Å². The van der Waals surface area contributed by atoms with Crippen LogP contribution in [0.25, 0.3) is 0 Å². The van der Waals surface area contributed by atoms with Gasteiger partial charge in [0.2, 0.25) is 0 Å². The highest BCUT2D eigenvalue weighted by Gasteiger charge is 2.15. The summed E-state index contributed by atoms with van der Waals surface area (Å²) in [6.45, 7) is 11.1. The zero-order valence-electron chi connectivity index (χ0n) is 15.8. The molecule has 0 aliphatic heterocycles. The van der Waals surface area contributed by atoms with Gasteiger partial charge in [0.1, 0.15) is 0 Å². The zero-order chi connectivity index (χ0) is 18.0. The lowest BCUT2D eigenvalue weighted by Gasteiger charge is -2.20. The van der Waals surface area contributed by atoms with Crippen LogP contribution in [-0.4, -0.2) is 49.0 Å². The van der Waals surface area contributed by atoms with E-state index in [4.69, 9.17) is 4.42 Å². The number of nitrogens with zero attached hydrogens (tertiary/aromatic N) is 1. The van der Waals surface area contributed by atoms with Crippen molar-refractivity contribution >= 4 is 47.6 Å². The van der Waals surface area contributed by atoms with Gasteiger partial charge in [0.15, 0.2) is 11.7 Å². The molecule has 0 saturated heterocycles. The predicted molar refractivity (Wildman–Crippen MR) is 117 cm³/mol. The molecule has 0 spiro atoms. The van der Waals surface area contributed by atoms with Crippen LogP contribution in [0.15, 0.2) is 21.7 Å². The molecule has 0 aliphatic rings. The summed E-state index contributed by atoms with van der Waals surface area (Å²) >= 11 is 1.80. The fourth-order valence-electron chi connectivity index (χ4n) is 1.86. The summed E-state index contributed by atoms with van der Waals surface area (Å²) in [5, 5.41) is 9.39. The first-order valence-electron chi connectivity index (χ1n) is 8.29. The van der Waals surface area contributed by atoms with Crippen molar-refractivity contribution in [1.29, 1.82) is 0 Å². The summed E-state index contributed by atoms with van der Waals surface area (Å²) in [7, 11) is 0. The van der Waals surface area contributed by atoms with Gasteiger partial charge in [-0.1, -0.05) is 0 Å². The van der Waals surface area contributed by atoms with Gasteiger partial charge in [-0.05, 0) is 46.4 Å². The minimum Gasteiger partial charge on any atom is -0.459 e. The molecule has 1 aromatic heterocycles. The molecule has 0 aliphatic carbocycles. The molecule has 1 heterocycles. The van der Waals surface area contributed by atoms with E-state index in [1.54, 1.807) is 17.8 Å². The number of furan rings is 1. The molecule has 0 aromatic carbocycles. The van der Waals surface area contributed by atoms with Gasteiger partial charge in [-0.2, -0.15) is 11.8 Å². The molecule has 0 atom stereocenters. The van der Waals surface area contributed by atoms with E-state index in [2.05, 4.69) is 41.0 Å². The Bertz CT molecular complexity index is 547. The molecular weight excluding hydrogens is 451 g/mol. The van der Waals surface area contributed by atoms with Crippen molar-refractivity contribution in [3.63, 3.8) is 0 Å². The average Bonchev–Trinajstić information content (AvgIpc) is 2.98. The number of guanidine groups is 1. The van der Waals surface area contributed by atoms with Gasteiger partial charge in [-0.25, -0.2) is 0 Å². The van der Waals surface area contributed by atoms with Crippen molar-refractivity contribution in [3.05, 3.63) is 23.7 Å². The molecule has 0 bridgehead atoms. The van der Waals surface area contributed by atoms with E-state index in [1.807, 2.05) is 13.8 Å². The molecule has 3 N–H and O–H groups in total. The van der Waals surface area contributed by atoms with Gasteiger partial charge in [0.25, 0.3) is 5.91 Å². The Morgan fingerprint density at radius 3 is 2.52 bits per heavy atom. The molecule has 1 rings (SSSR count). The van der Waals surface area contributed by atoms with Crippen LogP contribution in [0.4, 0.5) is 0 Å². The molecule has 0 radical (unpaired) electrons. The SMILES string of the molecule is CCNC(=NCC(C)(C)SC)NCCCNC(=O)c1occc1C.I. The zero-order valence-corrected chi connectivity index (χ0v) is 18.9. The predicted octanol–water partition coefficient (Wildman–Crippen LogP) is 3.02. The highest BCUT2D eigenvalue weighted by Crippen LogP contribution is 2.20. The number of carbonyl (C=O) groups is 1. The Hall–Kier alpha value is -0.900. The van der Waals surface area contributed by atoms with Gasteiger partial charge >= 0.3 is 0 Å². The van der Waals surface area contributed by atoms with Crippen LogP contribution >= 0.6 is 35.7 Å². The largest absolute Gasteiger partial charge is 0.459 e. The fourth-order valence-corrected chi connectivity index (χ4v) is 2.05. The number of hydrogen-bond acceptors (Lipinski definition) is 4. The van der Waals surface area contributed by atoms with Gasteiger partial charge in [-0.15, -0.1) is 24.0 Å². The lowest BCUT2D eigenvalue weighted by Crippen LogP contribution is -2.39. The Balaban J connectivity index is 0.00000576. The number of aryl methyl sites for hydroxylation is 1. The summed E-state index contributed by atoms with van der Waals surface area (Å²) < 4.78 is 5.29. The third-order valence-corrected chi connectivity index (χ3v) is 4.75. The summed E-state index contributed by atoms with van der Waals surface area (Å²) in [5.74, 6) is 1.03. The lowest BCUT2D eigenvalue weighted by molar-refractivity contribution is 0.0925. The van der Waals surface area contributed by atoms with Crippen molar-refractivity contribution in [1.82, 2.24) is 16.0 Å². The molecular formula is C17H31IN4O2S. The van der Waals surface area contributed by atoms with Crippen LogP contribution in [0.5, 0.6) is 0 Å². The number of thioether (sulfide) groups is 1. The molecule has 25 heavy (non-hydrogen) atoms. The second kappa shape index (κ2) is 12.5. The molecule has 0 fully saturated rings. The number of carbonyl (C=O) groups excluding carboxylic acids is 1. The van der Waals surface area contributed by atoms with Crippen LogP contribution < -0.4 is 16.0 Å². The van der Waals surface area contributed by atoms with Gasteiger partial charge in [-0.3, -0.25) is 9.79 Å². The first-order chi connectivity index (χ1) is 11.4. The van der Waals surface area contributed by atoms with E-state index in [0.29, 0.717) is 12.3 Å². The number of aliphatic imine (C=N–C) groups is 1. The first kappa shape index (κ1) is 24.1. The maximum atomic E-state index is 11.9. The molecule has 8 heteroatoms. The minimum absolute atomic E-state index is 0. The average molecular weight is 482 g/mol. The van der Waals surface area contributed by atoms with E-state index < -0.39 is 0 Å². The van der Waals surface area contributed by atoms with Crippen LogP contribution in [0.3, 0.4) is 0 Å². The molecule has 0 unspecified atom stereocenters. The van der Waals surface area contributed by atoms with Crippen molar-refractivity contribution in [2.24, 2.45) is 4.99 Å². The number of hydrogen-bond donors (Lipinski definition) is 3. The number of halogens is 1. The van der Waals surface area contributed by atoms with Crippen LogP contribution in [0.2, 0.25) is 0 Å². The second-order valence-electron chi connectivity index (χ2n) is 6.13. The highest BCUT2D eigenvalue weighted by atomic mass is 127. The summed E-state index contributed by atoms with van der Waals surface area (Å²) in [6.07, 6.45) is 4.43. The number of nitrogens with one attached hydrogen (secondary N) is 3. The monoisotopic (exact) mass is 482 g/mol. The van der Waals surface area contributed by atoms with E-state index >= 15 is 0 Å². The number of rotatable bonds is 9. The Morgan fingerprint density at radius 1 is 1.28 bits per heavy atom. The van der Waals surface area contributed by atoms with Crippen LogP contribution in [0.1, 0.15) is 43.3 Å². The van der Waals surface area contributed by atoms with E-state index in [9.17, 15) is 4.79 Å². The minimum atomic E-state index is -0.167. The van der Waals surface area contributed by atoms with Gasteiger partial charge in [0.05, 0.1) is 12.8 Å². The quantitative estimate of drug-likeness (QED) is 0.218. The van der Waals surface area contributed by atoms with E-state index in [-0.39, 0.29) is 34.6 Å². The second-order valence-corrected chi connectivity index (χ2v) is 7.64. The smallest absolute Gasteiger partial charge is 0.287 e. The maximum absolute atomic E-state index is 11.9. The van der Waals surface area contributed by atoms with Crippen LogP contribution in [-0.2, 0) is 0 Å². The van der Waals surface area contributed by atoms with Crippen molar-refractivity contribution in [3.8, 4) is 0 Å². The Kier molecular flexibility index (Phi) is 12.0. The number of amides is 1. The van der Waals surface area contributed by atoms with Gasteiger partial charge < -0.3 is 20.4 Å². The maximum Gasteiger partial charge on any atom is 0.287 e. The normalized spacial score (nSPS) is 11.6. The summed E-state index contributed by atoms with van der Waals surface area (Å²) in [5.41, 5.74) is 0.851. The molecule has 0 saturated carbocycles. The van der Waals surface area contributed by atoms with Crippen LogP contribution in [0, 0.1) is 6.92 Å². The summed E-state index contributed by atoms with van der Waals surface area (Å²) in [4.78, 5) is 16.5.